The molecular formula is C11H9NO3. The van der Waals surface area contributed by atoms with Crippen molar-refractivity contribution in [1.29, 1.82) is 0 Å². The third-order valence-corrected chi connectivity index (χ3v) is 2.17. The number of fused-ring (bicyclic) bond motifs is 1. The molecule has 76 valence electrons. The number of hydrogen-bond donors (Lipinski definition) is 2. The number of carboxylic acid groups (broad SMARTS) is 1. The maximum atomic E-state index is 10.7. The van der Waals surface area contributed by atoms with E-state index in [0.29, 0.717) is 10.9 Å². The van der Waals surface area contributed by atoms with E-state index in [1.807, 2.05) is 6.92 Å². The molecule has 0 saturated heterocycles. The summed E-state index contributed by atoms with van der Waals surface area (Å²) in [7, 11) is 0. The van der Waals surface area contributed by atoms with Crippen molar-refractivity contribution in [3.63, 3.8) is 0 Å². The first-order chi connectivity index (χ1) is 7.08. The van der Waals surface area contributed by atoms with Crippen molar-refractivity contribution in [3.8, 4) is 5.75 Å². The zero-order valence-electron chi connectivity index (χ0n) is 8.06. The Morgan fingerprint density at radius 2 is 2.07 bits per heavy atom. The SMILES string of the molecule is Cc1ccc2c(O)cc(C(=O)O)cc2n1. The van der Waals surface area contributed by atoms with Crippen LogP contribution in [0.4, 0.5) is 0 Å². The zero-order chi connectivity index (χ0) is 11.0. The zero-order valence-corrected chi connectivity index (χ0v) is 8.06. The summed E-state index contributed by atoms with van der Waals surface area (Å²) in [6.45, 7) is 1.81. The number of aromatic nitrogens is 1. The van der Waals surface area contributed by atoms with E-state index in [2.05, 4.69) is 4.98 Å². The lowest BCUT2D eigenvalue weighted by atomic mass is 10.1. The van der Waals surface area contributed by atoms with Gasteiger partial charge in [0.15, 0.2) is 0 Å². The molecule has 0 aliphatic rings. The number of aryl methyl sites for hydroxylation is 1. The van der Waals surface area contributed by atoms with Crippen LogP contribution in [0.3, 0.4) is 0 Å². The Kier molecular flexibility index (Phi) is 2.04. The van der Waals surface area contributed by atoms with Gasteiger partial charge in [-0.1, -0.05) is 0 Å². The Morgan fingerprint density at radius 3 is 2.73 bits per heavy atom. The molecule has 1 aromatic heterocycles. The van der Waals surface area contributed by atoms with Gasteiger partial charge in [0, 0.05) is 11.1 Å². The van der Waals surface area contributed by atoms with Crippen LogP contribution in [0.15, 0.2) is 24.3 Å². The average Bonchev–Trinajstić information content (AvgIpc) is 2.16. The van der Waals surface area contributed by atoms with Crippen LogP contribution in [0.25, 0.3) is 10.9 Å². The fourth-order valence-corrected chi connectivity index (χ4v) is 1.44. The highest BCUT2D eigenvalue weighted by molar-refractivity contribution is 5.95. The van der Waals surface area contributed by atoms with Gasteiger partial charge in [0.05, 0.1) is 11.1 Å². The number of phenols is 1. The molecule has 1 aromatic carbocycles. The largest absolute Gasteiger partial charge is 0.507 e. The molecule has 0 amide bonds. The molecule has 0 aliphatic carbocycles. The summed E-state index contributed by atoms with van der Waals surface area (Å²) in [6, 6.07) is 6.16. The quantitative estimate of drug-likeness (QED) is 0.743. The van der Waals surface area contributed by atoms with Crippen molar-refractivity contribution in [1.82, 2.24) is 4.98 Å². The molecule has 0 aliphatic heterocycles. The van der Waals surface area contributed by atoms with Gasteiger partial charge in [-0.2, -0.15) is 0 Å². The van der Waals surface area contributed by atoms with E-state index < -0.39 is 5.97 Å². The maximum absolute atomic E-state index is 10.7. The number of phenolic OH excluding ortho intramolecular Hbond substituents is 1. The summed E-state index contributed by atoms with van der Waals surface area (Å²) in [5.41, 5.74) is 1.31. The molecule has 4 heteroatoms. The number of rotatable bonds is 1. The minimum absolute atomic E-state index is 0.0399. The lowest BCUT2D eigenvalue weighted by molar-refractivity contribution is 0.0696. The van der Waals surface area contributed by atoms with E-state index in [0.717, 1.165) is 5.69 Å². The fraction of sp³-hybridized carbons (Fsp3) is 0.0909. The highest BCUT2D eigenvalue weighted by atomic mass is 16.4. The predicted octanol–water partition coefficient (Wildman–Crippen LogP) is 1.95. The van der Waals surface area contributed by atoms with Crippen LogP contribution in [0.1, 0.15) is 16.1 Å². The topological polar surface area (TPSA) is 70.4 Å². The summed E-state index contributed by atoms with van der Waals surface area (Å²) < 4.78 is 0. The minimum atomic E-state index is -1.07. The van der Waals surface area contributed by atoms with Crippen LogP contribution < -0.4 is 0 Å². The molecular weight excluding hydrogens is 194 g/mol. The lowest BCUT2D eigenvalue weighted by Crippen LogP contribution is -1.96. The Morgan fingerprint density at radius 1 is 1.33 bits per heavy atom. The van der Waals surface area contributed by atoms with E-state index in [1.54, 1.807) is 12.1 Å². The van der Waals surface area contributed by atoms with E-state index in [-0.39, 0.29) is 11.3 Å². The summed E-state index contributed by atoms with van der Waals surface area (Å²) in [4.78, 5) is 14.9. The molecule has 0 saturated carbocycles. The van der Waals surface area contributed by atoms with Gasteiger partial charge in [-0.25, -0.2) is 4.79 Å². The molecule has 0 unspecified atom stereocenters. The summed E-state index contributed by atoms with van der Waals surface area (Å²) in [5, 5.41) is 18.9. The van der Waals surface area contributed by atoms with E-state index in [9.17, 15) is 9.90 Å². The van der Waals surface area contributed by atoms with Crippen LogP contribution in [-0.4, -0.2) is 21.2 Å². The van der Waals surface area contributed by atoms with Gasteiger partial charge in [0.2, 0.25) is 0 Å². The summed E-state index contributed by atoms with van der Waals surface area (Å²) in [5.74, 6) is -1.13. The molecule has 4 nitrogen and oxygen atoms in total. The van der Waals surface area contributed by atoms with Crippen molar-refractivity contribution in [2.45, 2.75) is 6.92 Å². The van der Waals surface area contributed by atoms with Gasteiger partial charge < -0.3 is 10.2 Å². The molecule has 0 atom stereocenters. The van der Waals surface area contributed by atoms with Gasteiger partial charge in [0.1, 0.15) is 5.75 Å². The smallest absolute Gasteiger partial charge is 0.335 e. The minimum Gasteiger partial charge on any atom is -0.507 e. The first kappa shape index (κ1) is 9.45. The lowest BCUT2D eigenvalue weighted by Gasteiger charge is -2.03. The third-order valence-electron chi connectivity index (χ3n) is 2.17. The summed E-state index contributed by atoms with van der Waals surface area (Å²) >= 11 is 0. The Labute approximate surface area is 85.8 Å². The number of hydrogen-bond acceptors (Lipinski definition) is 3. The standard InChI is InChI=1S/C11H9NO3/c1-6-2-3-8-9(12-6)4-7(11(14)15)5-10(8)13/h2-5,13H,1H3,(H,14,15). The number of aromatic hydroxyl groups is 1. The van der Waals surface area contributed by atoms with Crippen molar-refractivity contribution >= 4 is 16.9 Å². The van der Waals surface area contributed by atoms with Crippen LogP contribution in [0, 0.1) is 6.92 Å². The Balaban J connectivity index is 2.79. The summed E-state index contributed by atoms with van der Waals surface area (Å²) in [6.07, 6.45) is 0. The molecule has 0 fully saturated rings. The molecule has 0 bridgehead atoms. The first-order valence-corrected chi connectivity index (χ1v) is 4.41. The van der Waals surface area contributed by atoms with Crippen molar-refractivity contribution < 1.29 is 15.0 Å². The predicted molar refractivity (Wildman–Crippen MR) is 55.1 cm³/mol. The molecule has 0 spiro atoms. The Bertz CT molecular complexity index is 549. The fourth-order valence-electron chi connectivity index (χ4n) is 1.44. The highest BCUT2D eigenvalue weighted by Crippen LogP contribution is 2.25. The first-order valence-electron chi connectivity index (χ1n) is 4.41. The Hall–Kier alpha value is -2.10. The second kappa shape index (κ2) is 3.24. The van der Waals surface area contributed by atoms with E-state index >= 15 is 0 Å². The van der Waals surface area contributed by atoms with Crippen LogP contribution in [0.2, 0.25) is 0 Å². The average molecular weight is 203 g/mol. The van der Waals surface area contributed by atoms with Crippen molar-refractivity contribution in [3.05, 3.63) is 35.5 Å². The van der Waals surface area contributed by atoms with Crippen LogP contribution in [0.5, 0.6) is 5.75 Å². The van der Waals surface area contributed by atoms with Gasteiger partial charge in [-0.3, -0.25) is 4.98 Å². The van der Waals surface area contributed by atoms with Crippen LogP contribution >= 0.6 is 0 Å². The number of pyridine rings is 1. The molecule has 0 radical (unpaired) electrons. The van der Waals surface area contributed by atoms with Gasteiger partial charge >= 0.3 is 5.97 Å². The monoisotopic (exact) mass is 203 g/mol. The van der Waals surface area contributed by atoms with Gasteiger partial charge in [-0.15, -0.1) is 0 Å². The second-order valence-electron chi connectivity index (χ2n) is 3.32. The van der Waals surface area contributed by atoms with Crippen LogP contribution in [-0.2, 0) is 0 Å². The van der Waals surface area contributed by atoms with E-state index in [1.165, 1.54) is 12.1 Å². The molecule has 2 rings (SSSR count). The normalized spacial score (nSPS) is 10.5. The number of carbonyl (C=O) groups is 1. The maximum Gasteiger partial charge on any atom is 0.335 e. The van der Waals surface area contributed by atoms with Crippen molar-refractivity contribution in [2.75, 3.05) is 0 Å². The highest BCUT2D eigenvalue weighted by Gasteiger charge is 2.08. The molecule has 15 heavy (non-hydrogen) atoms. The number of nitrogens with zero attached hydrogens (tertiary/aromatic N) is 1. The number of benzene rings is 1. The van der Waals surface area contributed by atoms with Crippen molar-refractivity contribution in [2.24, 2.45) is 0 Å². The molecule has 1 heterocycles. The van der Waals surface area contributed by atoms with E-state index in [4.69, 9.17) is 5.11 Å². The second-order valence-corrected chi connectivity index (χ2v) is 3.32. The molecule has 2 N–H and O–H groups in total. The van der Waals surface area contributed by atoms with Gasteiger partial charge in [0.25, 0.3) is 0 Å². The third kappa shape index (κ3) is 1.61. The number of aromatic carboxylic acids is 1. The number of carboxylic acids is 1. The molecule has 2 aromatic rings. The van der Waals surface area contributed by atoms with Gasteiger partial charge in [-0.05, 0) is 31.2 Å².